The maximum Gasteiger partial charge on any atom is 0.312 e. The topological polar surface area (TPSA) is 105 Å². The average molecular weight is 399 g/mol. The van der Waals surface area contributed by atoms with Crippen LogP contribution in [0, 0.1) is 10.1 Å². The van der Waals surface area contributed by atoms with Gasteiger partial charge in [-0.2, -0.15) is 5.10 Å². The highest BCUT2D eigenvalue weighted by molar-refractivity contribution is 9.10. The second-order valence-corrected chi connectivity index (χ2v) is 5.59. The number of halogens is 2. The maximum atomic E-state index is 11.9. The van der Waals surface area contributed by atoms with E-state index in [4.69, 9.17) is 11.6 Å². The molecule has 0 aliphatic carbocycles. The lowest BCUT2D eigenvalue weighted by molar-refractivity contribution is -0.385. The summed E-state index contributed by atoms with van der Waals surface area (Å²) >= 11 is 8.99. The number of carbonyl (C=O) groups is 1. The first-order valence-electron chi connectivity index (χ1n) is 6.15. The monoisotopic (exact) mass is 397 g/mol. The van der Waals surface area contributed by atoms with Crippen LogP contribution in [0.1, 0.15) is 15.9 Å². The van der Waals surface area contributed by atoms with Gasteiger partial charge in [0.2, 0.25) is 5.75 Å². The van der Waals surface area contributed by atoms with Crippen LogP contribution in [-0.4, -0.2) is 22.2 Å². The SMILES string of the molecule is O=C(N/N=C\c1cc(Cl)cc([N+](=O)[O-])c1O)c1ccccc1Br. The van der Waals surface area contributed by atoms with E-state index in [2.05, 4.69) is 26.5 Å². The van der Waals surface area contributed by atoms with Crippen LogP contribution < -0.4 is 5.43 Å². The number of phenols is 1. The van der Waals surface area contributed by atoms with E-state index >= 15 is 0 Å². The number of hydrogen-bond donors (Lipinski definition) is 2. The predicted octanol–water partition coefficient (Wildman–Crippen LogP) is 3.48. The third-order valence-corrected chi connectivity index (χ3v) is 3.68. The van der Waals surface area contributed by atoms with Crippen molar-refractivity contribution in [2.75, 3.05) is 0 Å². The third kappa shape index (κ3) is 4.05. The van der Waals surface area contributed by atoms with Crippen molar-refractivity contribution >= 4 is 45.3 Å². The highest BCUT2D eigenvalue weighted by atomic mass is 79.9. The molecule has 0 aliphatic rings. The standard InChI is InChI=1S/C14H9BrClN3O4/c15-11-4-2-1-3-10(11)14(21)18-17-7-8-5-9(16)6-12(13(8)20)19(22)23/h1-7,20H,(H,18,21)/b17-7-. The van der Waals surface area contributed by atoms with Crippen molar-refractivity contribution in [1.29, 1.82) is 0 Å². The van der Waals surface area contributed by atoms with Gasteiger partial charge in [0.15, 0.2) is 0 Å². The van der Waals surface area contributed by atoms with Crippen molar-refractivity contribution in [2.24, 2.45) is 5.10 Å². The van der Waals surface area contributed by atoms with Crippen molar-refractivity contribution in [1.82, 2.24) is 5.43 Å². The van der Waals surface area contributed by atoms with E-state index in [0.29, 0.717) is 10.0 Å². The molecule has 1 amide bonds. The molecule has 0 aliphatic heterocycles. The third-order valence-electron chi connectivity index (χ3n) is 2.77. The number of nitrogens with zero attached hydrogens (tertiary/aromatic N) is 2. The average Bonchev–Trinajstić information content (AvgIpc) is 2.50. The van der Waals surface area contributed by atoms with Crippen LogP contribution in [0.25, 0.3) is 0 Å². The normalized spacial score (nSPS) is 10.7. The number of nitro benzene ring substituents is 1. The summed E-state index contributed by atoms with van der Waals surface area (Å²) in [5.41, 5.74) is 2.09. The zero-order chi connectivity index (χ0) is 17.0. The fourth-order valence-corrected chi connectivity index (χ4v) is 2.39. The van der Waals surface area contributed by atoms with Gasteiger partial charge >= 0.3 is 5.69 Å². The van der Waals surface area contributed by atoms with E-state index in [1.807, 2.05) is 0 Å². The minimum absolute atomic E-state index is 0.0108. The van der Waals surface area contributed by atoms with Gasteiger partial charge in [-0.15, -0.1) is 0 Å². The van der Waals surface area contributed by atoms with Gasteiger partial charge in [0.05, 0.1) is 16.7 Å². The van der Waals surface area contributed by atoms with Gasteiger partial charge in [0.25, 0.3) is 5.91 Å². The van der Waals surface area contributed by atoms with Crippen molar-refractivity contribution in [3.05, 3.63) is 67.1 Å². The van der Waals surface area contributed by atoms with Crippen molar-refractivity contribution < 1.29 is 14.8 Å². The first-order chi connectivity index (χ1) is 10.9. The van der Waals surface area contributed by atoms with Gasteiger partial charge in [-0.25, -0.2) is 5.43 Å². The Kier molecular flexibility index (Phi) is 5.30. The van der Waals surface area contributed by atoms with E-state index in [-0.39, 0.29) is 10.6 Å². The summed E-state index contributed by atoms with van der Waals surface area (Å²) < 4.78 is 0.592. The van der Waals surface area contributed by atoms with E-state index in [1.54, 1.807) is 24.3 Å². The predicted molar refractivity (Wildman–Crippen MR) is 89.0 cm³/mol. The second-order valence-electron chi connectivity index (χ2n) is 4.30. The number of amides is 1. The van der Waals surface area contributed by atoms with Gasteiger partial charge in [-0.3, -0.25) is 14.9 Å². The lowest BCUT2D eigenvalue weighted by Gasteiger charge is -2.03. The molecule has 0 radical (unpaired) electrons. The molecule has 118 valence electrons. The summed E-state index contributed by atoms with van der Waals surface area (Å²) in [6.45, 7) is 0. The number of hydrogen-bond acceptors (Lipinski definition) is 5. The maximum absolute atomic E-state index is 11.9. The quantitative estimate of drug-likeness (QED) is 0.467. The molecule has 0 saturated carbocycles. The molecule has 0 atom stereocenters. The molecule has 0 fully saturated rings. The zero-order valence-electron chi connectivity index (χ0n) is 11.4. The second kappa shape index (κ2) is 7.21. The number of benzene rings is 2. The minimum atomic E-state index is -0.766. The molecule has 2 aromatic carbocycles. The number of nitro groups is 1. The smallest absolute Gasteiger partial charge is 0.312 e. The van der Waals surface area contributed by atoms with Crippen LogP contribution in [0.2, 0.25) is 5.02 Å². The Labute approximate surface area is 143 Å². The summed E-state index contributed by atoms with van der Waals surface area (Å²) in [4.78, 5) is 22.0. The number of carbonyl (C=O) groups excluding carboxylic acids is 1. The van der Waals surface area contributed by atoms with Crippen molar-refractivity contribution in [3.8, 4) is 5.75 Å². The number of aromatic hydroxyl groups is 1. The summed E-state index contributed by atoms with van der Waals surface area (Å²) in [5.74, 6) is -1.07. The zero-order valence-corrected chi connectivity index (χ0v) is 13.7. The Hall–Kier alpha value is -2.45. The Balaban J connectivity index is 2.20. The lowest BCUT2D eigenvalue weighted by atomic mass is 10.2. The van der Waals surface area contributed by atoms with E-state index in [1.165, 1.54) is 6.07 Å². The molecular formula is C14H9BrClN3O4. The first-order valence-corrected chi connectivity index (χ1v) is 7.32. The van der Waals surface area contributed by atoms with Crippen LogP contribution in [0.5, 0.6) is 5.75 Å². The van der Waals surface area contributed by atoms with Crippen LogP contribution in [0.4, 0.5) is 5.69 Å². The highest BCUT2D eigenvalue weighted by Gasteiger charge is 2.17. The van der Waals surface area contributed by atoms with Gasteiger partial charge in [-0.05, 0) is 34.1 Å². The molecule has 9 heteroatoms. The van der Waals surface area contributed by atoms with E-state index in [0.717, 1.165) is 12.3 Å². The van der Waals surface area contributed by atoms with Crippen LogP contribution in [-0.2, 0) is 0 Å². The largest absolute Gasteiger partial charge is 0.502 e. The Bertz CT molecular complexity index is 811. The van der Waals surface area contributed by atoms with E-state index < -0.39 is 22.3 Å². The molecule has 0 heterocycles. The molecular weight excluding hydrogens is 390 g/mol. The molecule has 2 aromatic rings. The van der Waals surface area contributed by atoms with Crippen molar-refractivity contribution in [3.63, 3.8) is 0 Å². The minimum Gasteiger partial charge on any atom is -0.502 e. The molecule has 0 spiro atoms. The number of rotatable bonds is 4. The van der Waals surface area contributed by atoms with Gasteiger partial charge in [-0.1, -0.05) is 23.7 Å². The summed E-state index contributed by atoms with van der Waals surface area (Å²) in [6.07, 6.45) is 1.07. The summed E-state index contributed by atoms with van der Waals surface area (Å²) in [5, 5.41) is 24.3. The summed E-state index contributed by atoms with van der Waals surface area (Å²) in [7, 11) is 0. The van der Waals surface area contributed by atoms with Crippen LogP contribution >= 0.6 is 27.5 Å². The molecule has 0 unspecified atom stereocenters. The molecule has 0 bridgehead atoms. The Morgan fingerprint density at radius 3 is 2.74 bits per heavy atom. The summed E-state index contributed by atoms with van der Waals surface area (Å²) in [6, 6.07) is 9.05. The molecule has 2 N–H and O–H groups in total. The molecule has 7 nitrogen and oxygen atoms in total. The van der Waals surface area contributed by atoms with Gasteiger partial charge < -0.3 is 5.11 Å². The molecule has 23 heavy (non-hydrogen) atoms. The first kappa shape index (κ1) is 16.9. The Morgan fingerprint density at radius 1 is 1.39 bits per heavy atom. The number of hydrazone groups is 1. The number of nitrogens with one attached hydrogen (secondary N) is 1. The lowest BCUT2D eigenvalue weighted by Crippen LogP contribution is -2.18. The fourth-order valence-electron chi connectivity index (χ4n) is 1.71. The van der Waals surface area contributed by atoms with E-state index in [9.17, 15) is 20.0 Å². The van der Waals surface area contributed by atoms with Crippen molar-refractivity contribution in [2.45, 2.75) is 0 Å². The molecule has 0 saturated heterocycles. The fraction of sp³-hybridized carbons (Fsp3) is 0. The van der Waals surface area contributed by atoms with Crippen LogP contribution in [0.15, 0.2) is 46.0 Å². The number of phenolic OH excluding ortho intramolecular Hbond substituents is 1. The van der Waals surface area contributed by atoms with Crippen LogP contribution in [0.3, 0.4) is 0 Å². The molecule has 0 aromatic heterocycles. The van der Waals surface area contributed by atoms with Gasteiger partial charge in [0, 0.05) is 21.1 Å². The highest BCUT2D eigenvalue weighted by Crippen LogP contribution is 2.32. The Morgan fingerprint density at radius 2 is 2.09 bits per heavy atom. The molecule has 2 rings (SSSR count). The van der Waals surface area contributed by atoms with Gasteiger partial charge in [0.1, 0.15) is 0 Å².